The highest BCUT2D eigenvalue weighted by atomic mass is 16.5. The van der Waals surface area contributed by atoms with Crippen LogP contribution in [-0.2, 0) is 13.0 Å². The predicted octanol–water partition coefficient (Wildman–Crippen LogP) is 4.89. The Balaban J connectivity index is 1.69. The van der Waals surface area contributed by atoms with Gasteiger partial charge in [-0.3, -0.25) is 9.78 Å². The summed E-state index contributed by atoms with van der Waals surface area (Å²) in [4.78, 5) is 24.5. The van der Waals surface area contributed by atoms with Gasteiger partial charge in [-0.1, -0.05) is 20.8 Å². The number of amides is 1. The molecule has 178 valence electrons. The number of hydrogen-bond acceptors (Lipinski definition) is 6. The molecule has 1 unspecified atom stereocenters. The van der Waals surface area contributed by atoms with Crippen molar-refractivity contribution in [1.82, 2.24) is 14.9 Å². The van der Waals surface area contributed by atoms with Crippen molar-refractivity contribution in [3.63, 3.8) is 0 Å². The summed E-state index contributed by atoms with van der Waals surface area (Å²) < 4.78 is 11.1. The van der Waals surface area contributed by atoms with Crippen LogP contribution in [0.15, 0.2) is 55.0 Å². The largest absolute Gasteiger partial charge is 0.493 e. The van der Waals surface area contributed by atoms with Crippen LogP contribution in [0, 0.1) is 5.41 Å². The van der Waals surface area contributed by atoms with E-state index < -0.39 is 0 Å². The molecule has 0 saturated heterocycles. The number of carbonyl (C=O) groups is 1. The van der Waals surface area contributed by atoms with Gasteiger partial charge < -0.3 is 19.7 Å². The van der Waals surface area contributed by atoms with Gasteiger partial charge in [-0.05, 0) is 64.9 Å². The van der Waals surface area contributed by atoms with Gasteiger partial charge in [0.2, 0.25) is 0 Å². The topological polar surface area (TPSA) is 76.6 Å². The number of anilines is 1. The van der Waals surface area contributed by atoms with E-state index in [9.17, 15) is 4.79 Å². The van der Waals surface area contributed by atoms with Crippen LogP contribution >= 0.6 is 0 Å². The van der Waals surface area contributed by atoms with Gasteiger partial charge >= 0.3 is 0 Å². The zero-order valence-corrected chi connectivity index (χ0v) is 20.5. The van der Waals surface area contributed by atoms with Crippen molar-refractivity contribution in [2.24, 2.45) is 5.41 Å². The fourth-order valence-electron chi connectivity index (χ4n) is 4.66. The molecule has 1 aliphatic heterocycles. The summed E-state index contributed by atoms with van der Waals surface area (Å²) in [6, 6.07) is 11.5. The lowest BCUT2D eigenvalue weighted by Gasteiger charge is -2.45. The first kappa shape index (κ1) is 23.5. The molecule has 3 heterocycles. The maximum absolute atomic E-state index is 14.0. The normalized spacial score (nSPS) is 15.4. The van der Waals surface area contributed by atoms with E-state index in [1.807, 2.05) is 41.3 Å². The van der Waals surface area contributed by atoms with E-state index in [0.29, 0.717) is 36.0 Å². The minimum Gasteiger partial charge on any atom is -0.493 e. The SMILES string of the molecule is COc1cc2c(cc1OC)C(C(C)(C)C)N(C(=O)c1cccnc1NCc1ccncc1)CC2. The first-order valence-electron chi connectivity index (χ1n) is 11.5. The molecule has 7 heteroatoms. The van der Waals surface area contributed by atoms with Crippen LogP contribution < -0.4 is 14.8 Å². The van der Waals surface area contributed by atoms with Crippen LogP contribution in [0.25, 0.3) is 0 Å². The number of fused-ring (bicyclic) bond motifs is 1. The third-order valence-electron chi connectivity index (χ3n) is 6.20. The highest BCUT2D eigenvalue weighted by Crippen LogP contribution is 2.46. The number of nitrogens with one attached hydrogen (secondary N) is 1. The fraction of sp³-hybridized carbons (Fsp3) is 0.370. The second kappa shape index (κ2) is 9.71. The first-order chi connectivity index (χ1) is 16.3. The highest BCUT2D eigenvalue weighted by Gasteiger charge is 2.40. The summed E-state index contributed by atoms with van der Waals surface area (Å²) in [5.41, 5.74) is 3.72. The molecular formula is C27H32N4O3. The van der Waals surface area contributed by atoms with E-state index in [4.69, 9.17) is 9.47 Å². The van der Waals surface area contributed by atoms with Gasteiger partial charge in [-0.25, -0.2) is 4.98 Å². The number of aromatic nitrogens is 2. The summed E-state index contributed by atoms with van der Waals surface area (Å²) in [6.45, 7) is 7.66. The van der Waals surface area contributed by atoms with Crippen LogP contribution in [-0.4, -0.2) is 41.5 Å². The van der Waals surface area contributed by atoms with Gasteiger partial charge in [0.15, 0.2) is 11.5 Å². The Hall–Kier alpha value is -3.61. The van der Waals surface area contributed by atoms with Crippen molar-refractivity contribution in [1.29, 1.82) is 0 Å². The van der Waals surface area contributed by atoms with Gasteiger partial charge in [-0.2, -0.15) is 0 Å². The Morgan fingerprint density at radius 3 is 2.47 bits per heavy atom. The molecule has 4 rings (SSSR count). The molecular weight excluding hydrogens is 428 g/mol. The average molecular weight is 461 g/mol. The fourth-order valence-corrected chi connectivity index (χ4v) is 4.66. The molecule has 0 fully saturated rings. The van der Waals surface area contributed by atoms with Crippen molar-refractivity contribution in [2.45, 2.75) is 39.8 Å². The number of ether oxygens (including phenoxy) is 2. The number of rotatable bonds is 6. The van der Waals surface area contributed by atoms with Gasteiger partial charge in [-0.15, -0.1) is 0 Å². The predicted molar refractivity (Wildman–Crippen MR) is 132 cm³/mol. The minimum atomic E-state index is -0.197. The molecule has 0 radical (unpaired) electrons. The maximum Gasteiger partial charge on any atom is 0.258 e. The van der Waals surface area contributed by atoms with Crippen molar-refractivity contribution >= 4 is 11.7 Å². The molecule has 3 aromatic rings. The Bertz CT molecular complexity index is 1160. The van der Waals surface area contributed by atoms with Crippen molar-refractivity contribution < 1.29 is 14.3 Å². The van der Waals surface area contributed by atoms with Crippen molar-refractivity contribution in [3.8, 4) is 11.5 Å². The van der Waals surface area contributed by atoms with Crippen LogP contribution in [0.1, 0.15) is 53.9 Å². The standard InChI is InChI=1S/C27H32N4O3/c1-27(2,3)24-21-16-23(34-5)22(33-4)15-19(21)10-14-31(24)26(32)20-7-6-11-29-25(20)30-17-18-8-12-28-13-9-18/h6-9,11-13,15-16,24H,10,14,17H2,1-5H3,(H,29,30). The highest BCUT2D eigenvalue weighted by molar-refractivity contribution is 5.99. The lowest BCUT2D eigenvalue weighted by molar-refractivity contribution is 0.0482. The smallest absolute Gasteiger partial charge is 0.258 e. The van der Waals surface area contributed by atoms with Crippen molar-refractivity contribution in [3.05, 3.63) is 77.2 Å². The molecule has 1 atom stereocenters. The monoisotopic (exact) mass is 460 g/mol. The summed E-state index contributed by atoms with van der Waals surface area (Å²) in [5.74, 6) is 1.93. The van der Waals surface area contributed by atoms with E-state index in [0.717, 1.165) is 17.5 Å². The van der Waals surface area contributed by atoms with Crippen LogP contribution in [0.5, 0.6) is 11.5 Å². The number of benzene rings is 1. The van der Waals surface area contributed by atoms with E-state index in [1.165, 1.54) is 5.56 Å². The third kappa shape index (κ3) is 4.69. The molecule has 1 aliphatic rings. The molecule has 1 N–H and O–H groups in total. The third-order valence-corrected chi connectivity index (χ3v) is 6.20. The second-order valence-electron chi connectivity index (χ2n) is 9.53. The first-order valence-corrected chi connectivity index (χ1v) is 11.5. The van der Waals surface area contributed by atoms with Gasteiger partial charge in [0.05, 0.1) is 25.8 Å². The van der Waals surface area contributed by atoms with E-state index >= 15 is 0 Å². The lowest BCUT2D eigenvalue weighted by Crippen LogP contribution is -2.45. The molecule has 0 bridgehead atoms. The van der Waals surface area contributed by atoms with E-state index in [-0.39, 0.29) is 17.4 Å². The minimum absolute atomic E-state index is 0.0364. The average Bonchev–Trinajstić information content (AvgIpc) is 2.85. The molecule has 1 amide bonds. The molecule has 7 nitrogen and oxygen atoms in total. The molecule has 0 saturated carbocycles. The maximum atomic E-state index is 14.0. The van der Waals surface area contributed by atoms with Crippen LogP contribution in [0.2, 0.25) is 0 Å². The molecule has 0 spiro atoms. The molecule has 2 aromatic heterocycles. The van der Waals surface area contributed by atoms with Gasteiger partial charge in [0.1, 0.15) is 5.82 Å². The second-order valence-corrected chi connectivity index (χ2v) is 9.53. The molecule has 1 aromatic carbocycles. The lowest BCUT2D eigenvalue weighted by atomic mass is 9.76. The number of carbonyl (C=O) groups excluding carboxylic acids is 1. The van der Waals surface area contributed by atoms with Crippen LogP contribution in [0.3, 0.4) is 0 Å². The Morgan fingerprint density at radius 2 is 1.79 bits per heavy atom. The number of methoxy groups -OCH3 is 2. The Kier molecular flexibility index (Phi) is 6.72. The van der Waals surface area contributed by atoms with Crippen LogP contribution in [0.4, 0.5) is 5.82 Å². The number of pyridine rings is 2. The Morgan fingerprint density at radius 1 is 1.09 bits per heavy atom. The molecule has 34 heavy (non-hydrogen) atoms. The van der Waals surface area contributed by atoms with Crippen molar-refractivity contribution in [2.75, 3.05) is 26.1 Å². The summed E-state index contributed by atoms with van der Waals surface area (Å²) in [7, 11) is 3.28. The van der Waals surface area contributed by atoms with Gasteiger partial charge in [0, 0.05) is 31.7 Å². The molecule has 0 aliphatic carbocycles. The zero-order valence-electron chi connectivity index (χ0n) is 20.5. The summed E-state index contributed by atoms with van der Waals surface area (Å²) in [6.07, 6.45) is 5.96. The van der Waals surface area contributed by atoms with E-state index in [1.54, 1.807) is 32.8 Å². The zero-order chi connectivity index (χ0) is 24.3. The van der Waals surface area contributed by atoms with Gasteiger partial charge in [0.25, 0.3) is 5.91 Å². The summed E-state index contributed by atoms with van der Waals surface area (Å²) >= 11 is 0. The Labute approximate surface area is 201 Å². The number of hydrogen-bond donors (Lipinski definition) is 1. The number of nitrogens with zero attached hydrogens (tertiary/aromatic N) is 3. The quantitative estimate of drug-likeness (QED) is 0.564. The summed E-state index contributed by atoms with van der Waals surface area (Å²) in [5, 5.41) is 3.33. The van der Waals surface area contributed by atoms with E-state index in [2.05, 4.69) is 36.1 Å².